The summed E-state index contributed by atoms with van der Waals surface area (Å²) < 4.78 is 45.2. The lowest BCUT2D eigenvalue weighted by atomic mass is 10.1. The Bertz CT molecular complexity index is 1430. The summed E-state index contributed by atoms with van der Waals surface area (Å²) in [5, 5.41) is 11.3. The third-order valence-electron chi connectivity index (χ3n) is 4.84. The predicted molar refractivity (Wildman–Crippen MR) is 132 cm³/mol. The van der Waals surface area contributed by atoms with E-state index >= 15 is 0 Å². The molecule has 1 saturated heterocycles. The molecule has 1 fully saturated rings. The number of imide groups is 1. The van der Waals surface area contributed by atoms with Crippen LogP contribution in [0.3, 0.4) is 0 Å². The van der Waals surface area contributed by atoms with Crippen molar-refractivity contribution in [2.75, 3.05) is 4.90 Å². The first kappa shape index (κ1) is 25.7. The van der Waals surface area contributed by atoms with E-state index in [4.69, 9.17) is 16.3 Å². The zero-order valence-electron chi connectivity index (χ0n) is 17.6. The van der Waals surface area contributed by atoms with E-state index in [9.17, 15) is 32.9 Å². The molecule has 1 aliphatic rings. The van der Waals surface area contributed by atoms with Gasteiger partial charge in [-0.15, -0.1) is 0 Å². The Balaban J connectivity index is 1.70. The second-order valence-corrected chi connectivity index (χ2v) is 9.56. The minimum absolute atomic E-state index is 0.0133. The highest BCUT2D eigenvalue weighted by molar-refractivity contribution is 9.10. The molecule has 4 rings (SSSR count). The van der Waals surface area contributed by atoms with E-state index < -0.39 is 39.2 Å². The zero-order valence-corrected chi connectivity index (χ0v) is 20.7. The Kier molecular flexibility index (Phi) is 7.12. The van der Waals surface area contributed by atoms with Crippen molar-refractivity contribution >= 4 is 67.9 Å². The highest BCUT2D eigenvalue weighted by atomic mass is 79.9. The number of halogens is 5. The Morgan fingerprint density at radius 2 is 1.69 bits per heavy atom. The fraction of sp³-hybridized carbons (Fsp3) is 0.0435. The molecule has 3 aromatic carbocycles. The number of hydrogen-bond acceptors (Lipinski definition) is 6. The molecule has 7 nitrogen and oxygen atoms in total. The Morgan fingerprint density at radius 3 is 2.33 bits per heavy atom. The van der Waals surface area contributed by atoms with E-state index in [2.05, 4.69) is 15.9 Å². The van der Waals surface area contributed by atoms with Crippen LogP contribution in [-0.2, 0) is 11.0 Å². The van der Waals surface area contributed by atoms with Crippen molar-refractivity contribution < 1.29 is 32.4 Å². The van der Waals surface area contributed by atoms with Gasteiger partial charge in [0.05, 0.1) is 21.1 Å². The topological polar surface area (TPSA) is 89.7 Å². The van der Waals surface area contributed by atoms with Crippen molar-refractivity contribution in [3.63, 3.8) is 0 Å². The predicted octanol–water partition coefficient (Wildman–Crippen LogP) is 8.06. The summed E-state index contributed by atoms with van der Waals surface area (Å²) >= 11 is 9.82. The quantitative estimate of drug-likeness (QED) is 0.167. The first-order valence-electron chi connectivity index (χ1n) is 9.80. The molecule has 0 unspecified atom stereocenters. The molecule has 0 aliphatic carbocycles. The maximum absolute atomic E-state index is 13.0. The third-order valence-corrected chi connectivity index (χ3v) is 6.45. The Hall–Kier alpha value is -3.35. The van der Waals surface area contributed by atoms with Gasteiger partial charge in [0.2, 0.25) is 5.75 Å². The molecular weight excluding hydrogens is 589 g/mol. The number of alkyl halides is 3. The van der Waals surface area contributed by atoms with Crippen LogP contribution in [0, 0.1) is 10.1 Å². The van der Waals surface area contributed by atoms with Crippen LogP contribution >= 0.6 is 39.3 Å². The van der Waals surface area contributed by atoms with Crippen LogP contribution in [0.25, 0.3) is 6.08 Å². The van der Waals surface area contributed by atoms with Crippen LogP contribution < -0.4 is 9.64 Å². The van der Waals surface area contributed by atoms with Crippen molar-refractivity contribution in [3.05, 3.63) is 96.3 Å². The SMILES string of the molecule is O=C1S/C(=C\c2cc(Br)ccc2Oc2ccc(C(F)(F)F)cc2[N+](=O)[O-])C(=O)N1c1ccc(Cl)cc1. The number of hydrogen-bond donors (Lipinski definition) is 0. The molecule has 0 saturated carbocycles. The number of nitro benzene ring substituents is 1. The van der Waals surface area contributed by atoms with Gasteiger partial charge in [-0.2, -0.15) is 13.2 Å². The normalized spacial score (nSPS) is 15.0. The molecule has 0 spiro atoms. The molecular formula is C23H11BrClF3N2O5S. The standard InChI is InChI=1S/C23H11BrClF3N2O5S/c24-14-2-8-18(35-19-7-1-13(23(26,27)28)11-17(19)30(33)34)12(9-14)10-20-21(31)29(22(32)36-20)16-5-3-15(25)4-6-16/h1-11H/b20-10-. The smallest absolute Gasteiger partial charge is 0.416 e. The molecule has 1 aliphatic heterocycles. The van der Waals surface area contributed by atoms with E-state index in [0.29, 0.717) is 39.1 Å². The molecule has 0 radical (unpaired) electrons. The van der Waals surface area contributed by atoms with Crippen LogP contribution in [0.2, 0.25) is 5.02 Å². The summed E-state index contributed by atoms with van der Waals surface area (Å²) in [6.07, 6.45) is -3.42. The van der Waals surface area contributed by atoms with E-state index in [1.54, 1.807) is 6.07 Å². The summed E-state index contributed by atoms with van der Waals surface area (Å²) in [7, 11) is 0. The molecule has 0 aromatic heterocycles. The van der Waals surface area contributed by atoms with E-state index in [1.165, 1.54) is 42.5 Å². The minimum Gasteiger partial charge on any atom is -0.449 e. The lowest BCUT2D eigenvalue weighted by Gasteiger charge is -2.13. The molecule has 0 bridgehead atoms. The highest BCUT2D eigenvalue weighted by Gasteiger charge is 2.37. The number of ether oxygens (including phenoxy) is 1. The molecule has 0 atom stereocenters. The van der Waals surface area contributed by atoms with Gasteiger partial charge >= 0.3 is 11.9 Å². The van der Waals surface area contributed by atoms with Crippen LogP contribution in [0.15, 0.2) is 70.0 Å². The summed E-state index contributed by atoms with van der Waals surface area (Å²) in [6.45, 7) is 0. The van der Waals surface area contributed by atoms with Crippen LogP contribution in [0.1, 0.15) is 11.1 Å². The second-order valence-electron chi connectivity index (χ2n) is 7.22. The van der Waals surface area contributed by atoms with Gasteiger partial charge < -0.3 is 4.74 Å². The summed E-state index contributed by atoms with van der Waals surface area (Å²) in [6, 6.07) is 12.5. The van der Waals surface area contributed by atoms with Crippen LogP contribution in [0.4, 0.5) is 29.3 Å². The largest absolute Gasteiger partial charge is 0.449 e. The van der Waals surface area contributed by atoms with Crippen molar-refractivity contribution in [3.8, 4) is 11.5 Å². The van der Waals surface area contributed by atoms with Crippen molar-refractivity contribution in [2.24, 2.45) is 0 Å². The number of amides is 2. The van der Waals surface area contributed by atoms with Gasteiger partial charge in [-0.3, -0.25) is 19.7 Å². The van der Waals surface area contributed by atoms with Gasteiger partial charge in [0.25, 0.3) is 11.1 Å². The summed E-state index contributed by atoms with van der Waals surface area (Å²) in [5.41, 5.74) is -1.52. The van der Waals surface area contributed by atoms with Gasteiger partial charge in [0.1, 0.15) is 5.75 Å². The lowest BCUT2D eigenvalue weighted by molar-refractivity contribution is -0.385. The minimum atomic E-state index is -4.78. The molecule has 3 aromatic rings. The zero-order chi connectivity index (χ0) is 26.2. The molecule has 184 valence electrons. The van der Waals surface area contributed by atoms with Crippen LogP contribution in [0.5, 0.6) is 11.5 Å². The van der Waals surface area contributed by atoms with Crippen molar-refractivity contribution in [1.82, 2.24) is 0 Å². The fourth-order valence-electron chi connectivity index (χ4n) is 3.19. The molecule has 0 N–H and O–H groups in total. The van der Waals surface area contributed by atoms with E-state index in [1.807, 2.05) is 0 Å². The number of nitro groups is 1. The number of anilines is 1. The highest BCUT2D eigenvalue weighted by Crippen LogP contribution is 2.41. The Labute approximate surface area is 218 Å². The van der Waals surface area contributed by atoms with Gasteiger partial charge in [-0.1, -0.05) is 27.5 Å². The molecule has 1 heterocycles. The number of rotatable bonds is 5. The third kappa shape index (κ3) is 5.40. The van der Waals surface area contributed by atoms with E-state index in [-0.39, 0.29) is 16.2 Å². The summed E-state index contributed by atoms with van der Waals surface area (Å²) in [5.74, 6) is -1.03. The van der Waals surface area contributed by atoms with Gasteiger partial charge in [0.15, 0.2) is 0 Å². The van der Waals surface area contributed by atoms with Crippen molar-refractivity contribution in [2.45, 2.75) is 6.18 Å². The number of benzene rings is 3. The van der Waals surface area contributed by atoms with E-state index in [0.717, 1.165) is 11.0 Å². The number of carbonyl (C=O) groups excluding carboxylic acids is 2. The first-order chi connectivity index (χ1) is 16.9. The number of carbonyl (C=O) groups is 2. The number of nitrogens with zero attached hydrogens (tertiary/aromatic N) is 2. The molecule has 2 amide bonds. The van der Waals surface area contributed by atoms with Gasteiger partial charge in [-0.25, -0.2) is 4.90 Å². The maximum atomic E-state index is 13.0. The fourth-order valence-corrected chi connectivity index (χ4v) is 4.52. The Morgan fingerprint density at radius 1 is 1.03 bits per heavy atom. The molecule has 13 heteroatoms. The van der Waals surface area contributed by atoms with Crippen molar-refractivity contribution in [1.29, 1.82) is 0 Å². The second kappa shape index (κ2) is 9.96. The monoisotopic (exact) mass is 598 g/mol. The number of thioether (sulfide) groups is 1. The van der Waals surface area contributed by atoms with Gasteiger partial charge in [-0.05, 0) is 72.4 Å². The lowest BCUT2D eigenvalue weighted by Crippen LogP contribution is -2.27. The first-order valence-corrected chi connectivity index (χ1v) is 11.8. The maximum Gasteiger partial charge on any atom is 0.416 e. The van der Waals surface area contributed by atoms with Gasteiger partial charge in [0, 0.05) is 21.1 Å². The molecule has 36 heavy (non-hydrogen) atoms. The summed E-state index contributed by atoms with van der Waals surface area (Å²) in [4.78, 5) is 36.9. The van der Waals surface area contributed by atoms with Crippen LogP contribution in [-0.4, -0.2) is 16.1 Å². The average molecular weight is 600 g/mol. The average Bonchev–Trinajstić information content (AvgIpc) is 3.08.